The number of anilines is 1. The van der Waals surface area contributed by atoms with E-state index in [9.17, 15) is 4.79 Å². The fourth-order valence-corrected chi connectivity index (χ4v) is 1.47. The van der Waals surface area contributed by atoms with Crippen LogP contribution in [0.3, 0.4) is 0 Å². The van der Waals surface area contributed by atoms with E-state index in [1.54, 1.807) is 25.2 Å². The summed E-state index contributed by atoms with van der Waals surface area (Å²) >= 11 is 5.89. The van der Waals surface area contributed by atoms with Gasteiger partial charge in [0.2, 0.25) is 0 Å². The first kappa shape index (κ1) is 13.3. The van der Waals surface area contributed by atoms with E-state index in [2.05, 4.69) is 20.7 Å². The third-order valence-corrected chi connectivity index (χ3v) is 2.68. The number of aromatic nitrogens is 4. The Morgan fingerprint density at radius 2 is 2.32 bits per heavy atom. The van der Waals surface area contributed by atoms with Gasteiger partial charge in [-0.1, -0.05) is 16.7 Å². The zero-order valence-corrected chi connectivity index (χ0v) is 11.2. The van der Waals surface area contributed by atoms with Crippen LogP contribution in [-0.4, -0.2) is 32.7 Å². The van der Waals surface area contributed by atoms with Gasteiger partial charge in [0.15, 0.2) is 6.61 Å². The summed E-state index contributed by atoms with van der Waals surface area (Å²) in [5.74, 6) is 0.355. The van der Waals surface area contributed by atoms with Crippen molar-refractivity contribution in [3.8, 4) is 5.75 Å². The van der Waals surface area contributed by atoms with Crippen molar-refractivity contribution < 1.29 is 9.53 Å². The number of amides is 1. The molecule has 2 aromatic rings. The minimum atomic E-state index is -0.361. The highest BCUT2D eigenvalue weighted by Gasteiger charge is 2.07. The summed E-state index contributed by atoms with van der Waals surface area (Å²) in [6.07, 6.45) is 0. The van der Waals surface area contributed by atoms with Crippen LogP contribution in [0.15, 0.2) is 18.2 Å². The summed E-state index contributed by atoms with van der Waals surface area (Å²) in [5, 5.41) is 14.2. The first-order valence-electron chi connectivity index (χ1n) is 5.47. The van der Waals surface area contributed by atoms with Gasteiger partial charge in [-0.3, -0.25) is 10.1 Å². The Bertz CT molecular complexity index is 599. The van der Waals surface area contributed by atoms with Crippen molar-refractivity contribution in [1.82, 2.24) is 20.2 Å². The topological polar surface area (TPSA) is 81.9 Å². The van der Waals surface area contributed by atoms with Crippen LogP contribution in [0.25, 0.3) is 0 Å². The summed E-state index contributed by atoms with van der Waals surface area (Å²) in [6.45, 7) is 1.72. The van der Waals surface area contributed by atoms with Gasteiger partial charge in [-0.25, -0.2) is 0 Å². The lowest BCUT2D eigenvalue weighted by Gasteiger charge is -2.06. The molecule has 1 N–H and O–H groups in total. The quantitative estimate of drug-likeness (QED) is 0.910. The number of tetrazole rings is 1. The molecule has 0 aliphatic carbocycles. The van der Waals surface area contributed by atoms with Gasteiger partial charge in [-0.15, -0.1) is 5.10 Å². The second-order valence-corrected chi connectivity index (χ2v) is 4.26. The highest BCUT2D eigenvalue weighted by atomic mass is 35.5. The summed E-state index contributed by atoms with van der Waals surface area (Å²) in [7, 11) is 1.61. The fourth-order valence-electron chi connectivity index (χ4n) is 1.35. The molecule has 1 amide bonds. The standard InChI is InChI=1S/C11H12ClN5O2/c1-7-5-8(3-4-9(7)12)19-6-10(18)13-11-14-16-17(2)15-11/h3-5H,6H2,1-2H3,(H,13,15,18). The molecule has 1 heterocycles. The van der Waals surface area contributed by atoms with Crippen molar-refractivity contribution in [2.75, 3.05) is 11.9 Å². The van der Waals surface area contributed by atoms with Crippen molar-refractivity contribution in [2.24, 2.45) is 7.05 Å². The Balaban J connectivity index is 1.88. The molecular formula is C11H12ClN5O2. The number of hydrogen-bond acceptors (Lipinski definition) is 5. The number of aryl methyl sites for hydroxylation is 2. The Hall–Kier alpha value is -2.15. The molecule has 0 aliphatic rings. The number of hydrogen-bond donors (Lipinski definition) is 1. The first-order chi connectivity index (χ1) is 9.04. The molecule has 0 saturated heterocycles. The summed E-state index contributed by atoms with van der Waals surface area (Å²) < 4.78 is 5.33. The molecule has 0 atom stereocenters. The van der Waals surface area contributed by atoms with E-state index in [0.717, 1.165) is 5.56 Å². The monoisotopic (exact) mass is 281 g/mol. The van der Waals surface area contributed by atoms with E-state index in [0.29, 0.717) is 10.8 Å². The summed E-state index contributed by atoms with van der Waals surface area (Å²) in [5.41, 5.74) is 0.884. The molecular weight excluding hydrogens is 270 g/mol. The molecule has 8 heteroatoms. The van der Waals surface area contributed by atoms with Crippen LogP contribution < -0.4 is 10.1 Å². The van der Waals surface area contributed by atoms with E-state index >= 15 is 0 Å². The van der Waals surface area contributed by atoms with Crippen LogP contribution in [0.5, 0.6) is 5.75 Å². The molecule has 0 bridgehead atoms. The molecule has 1 aromatic carbocycles. The average Bonchev–Trinajstić information content (AvgIpc) is 2.76. The van der Waals surface area contributed by atoms with Crippen LogP contribution in [0.1, 0.15) is 5.56 Å². The largest absolute Gasteiger partial charge is 0.484 e. The molecule has 0 saturated carbocycles. The molecule has 0 unspecified atom stereocenters. The van der Waals surface area contributed by atoms with Crippen molar-refractivity contribution >= 4 is 23.5 Å². The number of halogens is 1. The highest BCUT2D eigenvalue weighted by molar-refractivity contribution is 6.31. The molecule has 1 aromatic heterocycles. The van der Waals surface area contributed by atoms with E-state index < -0.39 is 0 Å². The van der Waals surface area contributed by atoms with Gasteiger partial charge in [0.05, 0.1) is 7.05 Å². The molecule has 7 nitrogen and oxygen atoms in total. The highest BCUT2D eigenvalue weighted by Crippen LogP contribution is 2.20. The number of nitrogens with one attached hydrogen (secondary N) is 1. The predicted octanol–water partition coefficient (Wildman–Crippen LogP) is 1.19. The van der Waals surface area contributed by atoms with Crippen molar-refractivity contribution in [2.45, 2.75) is 6.92 Å². The van der Waals surface area contributed by atoms with Crippen LogP contribution in [0.2, 0.25) is 5.02 Å². The zero-order chi connectivity index (χ0) is 13.8. The average molecular weight is 282 g/mol. The van der Waals surface area contributed by atoms with Gasteiger partial charge in [-0.2, -0.15) is 4.80 Å². The fraction of sp³-hybridized carbons (Fsp3) is 0.273. The minimum Gasteiger partial charge on any atom is -0.484 e. The number of benzene rings is 1. The van der Waals surface area contributed by atoms with E-state index in [4.69, 9.17) is 16.3 Å². The third-order valence-electron chi connectivity index (χ3n) is 2.26. The van der Waals surface area contributed by atoms with Gasteiger partial charge in [0, 0.05) is 5.02 Å². The summed E-state index contributed by atoms with van der Waals surface area (Å²) in [6, 6.07) is 5.17. The van der Waals surface area contributed by atoms with Crippen molar-refractivity contribution in [3.05, 3.63) is 28.8 Å². The molecule has 0 fully saturated rings. The van der Waals surface area contributed by atoms with Gasteiger partial charge < -0.3 is 4.74 Å². The van der Waals surface area contributed by atoms with E-state index in [1.807, 2.05) is 6.92 Å². The maximum atomic E-state index is 11.6. The Labute approximate surface area is 114 Å². The number of nitrogens with zero attached hydrogens (tertiary/aromatic N) is 4. The number of carbonyl (C=O) groups is 1. The van der Waals surface area contributed by atoms with Crippen LogP contribution in [0.4, 0.5) is 5.95 Å². The number of ether oxygens (including phenoxy) is 1. The maximum Gasteiger partial charge on any atom is 0.270 e. The van der Waals surface area contributed by atoms with E-state index in [-0.39, 0.29) is 18.5 Å². The summed E-state index contributed by atoms with van der Waals surface area (Å²) in [4.78, 5) is 12.8. The lowest BCUT2D eigenvalue weighted by molar-refractivity contribution is -0.118. The van der Waals surface area contributed by atoms with Gasteiger partial charge >= 0.3 is 0 Å². The molecule has 0 aliphatic heterocycles. The number of rotatable bonds is 4. The second kappa shape index (κ2) is 5.66. The van der Waals surface area contributed by atoms with Crippen LogP contribution in [0, 0.1) is 6.92 Å². The third kappa shape index (κ3) is 3.65. The van der Waals surface area contributed by atoms with Gasteiger partial charge in [0.25, 0.3) is 11.9 Å². The first-order valence-corrected chi connectivity index (χ1v) is 5.85. The lowest BCUT2D eigenvalue weighted by Crippen LogP contribution is -2.21. The molecule has 19 heavy (non-hydrogen) atoms. The lowest BCUT2D eigenvalue weighted by atomic mass is 10.2. The Kier molecular flexibility index (Phi) is 3.96. The Morgan fingerprint density at radius 1 is 1.53 bits per heavy atom. The molecule has 100 valence electrons. The molecule has 0 radical (unpaired) electrons. The van der Waals surface area contributed by atoms with E-state index in [1.165, 1.54) is 4.80 Å². The van der Waals surface area contributed by atoms with Gasteiger partial charge in [0.1, 0.15) is 5.75 Å². The van der Waals surface area contributed by atoms with Gasteiger partial charge in [-0.05, 0) is 35.9 Å². The Morgan fingerprint density at radius 3 is 2.95 bits per heavy atom. The van der Waals surface area contributed by atoms with Crippen molar-refractivity contribution in [1.29, 1.82) is 0 Å². The zero-order valence-electron chi connectivity index (χ0n) is 10.4. The SMILES string of the molecule is Cc1cc(OCC(=O)Nc2nnn(C)n2)ccc1Cl. The minimum absolute atomic E-state index is 0.140. The van der Waals surface area contributed by atoms with Crippen molar-refractivity contribution in [3.63, 3.8) is 0 Å². The second-order valence-electron chi connectivity index (χ2n) is 3.85. The van der Waals surface area contributed by atoms with Crippen LogP contribution >= 0.6 is 11.6 Å². The predicted molar refractivity (Wildman–Crippen MR) is 69.1 cm³/mol. The molecule has 2 rings (SSSR count). The molecule has 0 spiro atoms. The van der Waals surface area contributed by atoms with Crippen LogP contribution in [-0.2, 0) is 11.8 Å². The maximum absolute atomic E-state index is 11.6. The number of carbonyl (C=O) groups excluding carboxylic acids is 1. The normalized spacial score (nSPS) is 10.3. The smallest absolute Gasteiger partial charge is 0.270 e.